The Kier molecular flexibility index (Phi) is 7.91. The number of rotatable bonds is 9. The van der Waals surface area contributed by atoms with Crippen LogP contribution in [0.3, 0.4) is 0 Å². The number of carbonyl (C=O) groups is 3. The number of nitrogens with one attached hydrogen (secondary N) is 1. The maximum absolute atomic E-state index is 12.9. The van der Waals surface area contributed by atoms with E-state index in [-0.39, 0.29) is 19.1 Å². The molecular weight excluding hydrogens is 428 g/mol. The van der Waals surface area contributed by atoms with E-state index in [0.29, 0.717) is 11.5 Å². The Balaban J connectivity index is 1.71. The van der Waals surface area contributed by atoms with E-state index in [9.17, 15) is 14.4 Å². The number of nitrogens with zero attached hydrogens (tertiary/aromatic N) is 1. The van der Waals surface area contributed by atoms with Crippen LogP contribution in [0, 0.1) is 0 Å². The summed E-state index contributed by atoms with van der Waals surface area (Å²) < 4.78 is 20.5. The zero-order valence-electron chi connectivity index (χ0n) is 18.6. The van der Waals surface area contributed by atoms with Crippen LogP contribution in [0.1, 0.15) is 11.1 Å². The Labute approximate surface area is 191 Å². The van der Waals surface area contributed by atoms with Gasteiger partial charge in [-0.2, -0.15) is 0 Å². The molecule has 2 aromatic rings. The van der Waals surface area contributed by atoms with Crippen LogP contribution < -0.4 is 14.8 Å². The highest BCUT2D eigenvalue weighted by atomic mass is 16.5. The molecule has 1 aliphatic heterocycles. The molecule has 0 bridgehead atoms. The summed E-state index contributed by atoms with van der Waals surface area (Å²) in [5, 5.41) is 2.58. The first kappa shape index (κ1) is 23.6. The average molecular weight is 454 g/mol. The monoisotopic (exact) mass is 454 g/mol. The molecule has 0 saturated carbocycles. The third kappa shape index (κ3) is 5.82. The Morgan fingerprint density at radius 1 is 1.06 bits per heavy atom. The normalized spacial score (nSPS) is 17.3. The van der Waals surface area contributed by atoms with Crippen molar-refractivity contribution in [2.75, 3.05) is 21.3 Å². The van der Waals surface area contributed by atoms with Gasteiger partial charge in [-0.25, -0.2) is 9.59 Å². The number of hydrogen-bond donors (Lipinski definition) is 1. The molecule has 1 N–H and O–H groups in total. The smallest absolute Gasteiger partial charge is 0.408 e. The van der Waals surface area contributed by atoms with E-state index in [1.807, 2.05) is 30.3 Å². The van der Waals surface area contributed by atoms with Crippen LogP contribution in [0.15, 0.2) is 60.7 Å². The van der Waals surface area contributed by atoms with Crippen LogP contribution in [0.4, 0.5) is 4.79 Å². The Morgan fingerprint density at radius 3 is 2.48 bits per heavy atom. The average Bonchev–Trinajstić information content (AvgIpc) is 2.86. The molecular formula is C24H26N2O7. The van der Waals surface area contributed by atoms with E-state index < -0.39 is 24.1 Å². The second-order valence-corrected chi connectivity index (χ2v) is 7.20. The molecule has 0 radical (unpaired) electrons. The molecule has 33 heavy (non-hydrogen) atoms. The quantitative estimate of drug-likeness (QED) is 0.353. The van der Waals surface area contributed by atoms with Crippen molar-refractivity contribution in [2.24, 2.45) is 0 Å². The zero-order chi connectivity index (χ0) is 23.8. The fraction of sp³-hybridized carbons (Fsp3) is 0.292. The van der Waals surface area contributed by atoms with Crippen molar-refractivity contribution in [3.63, 3.8) is 0 Å². The molecule has 1 aliphatic rings. The largest absolute Gasteiger partial charge is 0.497 e. The summed E-state index contributed by atoms with van der Waals surface area (Å²) in [6.45, 7) is 0.280. The lowest BCUT2D eigenvalue weighted by Crippen LogP contribution is -2.69. The first-order chi connectivity index (χ1) is 16.0. The van der Waals surface area contributed by atoms with Crippen molar-refractivity contribution >= 4 is 18.0 Å². The minimum Gasteiger partial charge on any atom is -0.497 e. The van der Waals surface area contributed by atoms with E-state index in [2.05, 4.69) is 10.1 Å². The Morgan fingerprint density at radius 2 is 1.82 bits per heavy atom. The predicted molar refractivity (Wildman–Crippen MR) is 119 cm³/mol. The minimum atomic E-state index is -0.876. The number of likely N-dealkylation sites (tertiary alicyclic amines) is 1. The summed E-state index contributed by atoms with van der Waals surface area (Å²) in [4.78, 5) is 38.3. The number of methoxy groups -OCH3 is 3. The molecule has 0 aliphatic carbocycles. The van der Waals surface area contributed by atoms with Gasteiger partial charge in [-0.15, -0.1) is 0 Å². The van der Waals surface area contributed by atoms with E-state index in [1.54, 1.807) is 25.3 Å². The van der Waals surface area contributed by atoms with Crippen molar-refractivity contribution in [1.29, 1.82) is 0 Å². The van der Waals surface area contributed by atoms with E-state index in [4.69, 9.17) is 14.2 Å². The van der Waals surface area contributed by atoms with Gasteiger partial charge in [0, 0.05) is 17.7 Å². The van der Waals surface area contributed by atoms with Crippen molar-refractivity contribution in [2.45, 2.75) is 25.2 Å². The molecule has 174 valence electrons. The van der Waals surface area contributed by atoms with Gasteiger partial charge >= 0.3 is 12.1 Å². The number of esters is 1. The molecule has 9 nitrogen and oxygen atoms in total. The van der Waals surface area contributed by atoms with Crippen LogP contribution >= 0.6 is 0 Å². The summed E-state index contributed by atoms with van der Waals surface area (Å²) in [7, 11) is 4.33. The van der Waals surface area contributed by atoms with Gasteiger partial charge in [0.1, 0.15) is 24.1 Å². The van der Waals surface area contributed by atoms with Gasteiger partial charge in [0.25, 0.3) is 0 Å². The van der Waals surface area contributed by atoms with E-state index in [0.717, 1.165) is 11.1 Å². The van der Waals surface area contributed by atoms with Gasteiger partial charge in [0.15, 0.2) is 0 Å². The fourth-order valence-electron chi connectivity index (χ4n) is 3.42. The lowest BCUT2D eigenvalue weighted by molar-refractivity contribution is -0.149. The number of hydrogen-bond acceptors (Lipinski definition) is 7. The summed E-state index contributed by atoms with van der Waals surface area (Å²) in [6, 6.07) is 13.0. The third-order valence-corrected chi connectivity index (χ3v) is 5.20. The van der Waals surface area contributed by atoms with Gasteiger partial charge in [-0.3, -0.25) is 4.79 Å². The molecule has 1 saturated heterocycles. The lowest BCUT2D eigenvalue weighted by Gasteiger charge is -2.45. The Bertz CT molecular complexity index is 1020. The third-order valence-electron chi connectivity index (χ3n) is 5.20. The van der Waals surface area contributed by atoms with Gasteiger partial charge < -0.3 is 29.2 Å². The maximum atomic E-state index is 12.9. The molecule has 3 rings (SSSR count). The van der Waals surface area contributed by atoms with Gasteiger partial charge in [-0.1, -0.05) is 36.4 Å². The standard InChI is InChI=1S/C24H26N2O7/c1-30-18-10-9-17(20(13-18)31-2)14-26-19(11-12-21(27)32-3)22(23(26)28)25-24(29)33-15-16-7-5-4-6-8-16/h4-13,19,22H,14-15H2,1-3H3,(H,25,29)/b12-11-. The topological polar surface area (TPSA) is 103 Å². The number of β-lactam (4-membered cyclic amide) rings is 1. The van der Waals surface area contributed by atoms with Crippen LogP contribution in [-0.2, 0) is 32.2 Å². The van der Waals surface area contributed by atoms with Crippen molar-refractivity contribution < 1.29 is 33.3 Å². The van der Waals surface area contributed by atoms with Crippen LogP contribution in [0.2, 0.25) is 0 Å². The summed E-state index contributed by atoms with van der Waals surface area (Å²) >= 11 is 0. The van der Waals surface area contributed by atoms with Crippen molar-refractivity contribution in [3.8, 4) is 11.5 Å². The van der Waals surface area contributed by atoms with Gasteiger partial charge in [0.2, 0.25) is 5.91 Å². The molecule has 2 amide bonds. The Hall–Kier alpha value is -4.01. The SMILES string of the molecule is COC(=O)/C=C\C1C(NC(=O)OCc2ccccc2)C(=O)N1Cc1ccc(OC)cc1OC. The molecule has 0 spiro atoms. The highest BCUT2D eigenvalue weighted by Crippen LogP contribution is 2.30. The molecule has 9 heteroatoms. The van der Waals surface area contributed by atoms with E-state index in [1.165, 1.54) is 31.3 Å². The van der Waals surface area contributed by atoms with Crippen LogP contribution in [-0.4, -0.2) is 56.3 Å². The van der Waals surface area contributed by atoms with Gasteiger partial charge in [-0.05, 0) is 17.7 Å². The lowest BCUT2D eigenvalue weighted by atomic mass is 9.93. The number of amides is 2. The van der Waals surface area contributed by atoms with Crippen molar-refractivity contribution in [3.05, 3.63) is 71.8 Å². The molecule has 2 unspecified atom stereocenters. The highest BCUT2D eigenvalue weighted by molar-refractivity contribution is 5.93. The first-order valence-corrected chi connectivity index (χ1v) is 10.2. The number of carbonyl (C=O) groups excluding carboxylic acids is 3. The molecule has 0 aromatic heterocycles. The van der Waals surface area contributed by atoms with E-state index >= 15 is 0 Å². The second kappa shape index (κ2) is 11.0. The number of alkyl carbamates (subject to hydrolysis) is 1. The highest BCUT2D eigenvalue weighted by Gasteiger charge is 2.47. The second-order valence-electron chi connectivity index (χ2n) is 7.20. The maximum Gasteiger partial charge on any atom is 0.408 e. The molecule has 1 fully saturated rings. The van der Waals surface area contributed by atoms with Gasteiger partial charge in [0.05, 0.1) is 33.9 Å². The van der Waals surface area contributed by atoms with Crippen LogP contribution in [0.5, 0.6) is 11.5 Å². The summed E-state index contributed by atoms with van der Waals surface area (Å²) in [5.41, 5.74) is 1.57. The molecule has 1 heterocycles. The molecule has 2 atom stereocenters. The fourth-order valence-corrected chi connectivity index (χ4v) is 3.42. The summed E-state index contributed by atoms with van der Waals surface area (Å²) in [6.07, 6.45) is 2.01. The predicted octanol–water partition coefficient (Wildman–Crippen LogP) is 2.44. The van der Waals surface area contributed by atoms with Crippen LogP contribution in [0.25, 0.3) is 0 Å². The zero-order valence-corrected chi connectivity index (χ0v) is 18.6. The number of benzene rings is 2. The first-order valence-electron chi connectivity index (χ1n) is 10.2. The number of ether oxygens (including phenoxy) is 4. The van der Waals surface area contributed by atoms with Crippen molar-refractivity contribution in [1.82, 2.24) is 10.2 Å². The molecule has 2 aromatic carbocycles. The minimum absolute atomic E-state index is 0.0724. The summed E-state index contributed by atoms with van der Waals surface area (Å²) in [5.74, 6) is 0.288.